The number of ketones is 4. The Labute approximate surface area is 302 Å². The first-order valence-corrected chi connectivity index (χ1v) is 17.3. The predicted molar refractivity (Wildman–Crippen MR) is 184 cm³/mol. The number of pyridine rings is 1. The molecule has 1 aromatic heterocycles. The summed E-state index contributed by atoms with van der Waals surface area (Å²) in [5, 5.41) is 2.34. The number of amides is 1. The maximum absolute atomic E-state index is 13.8. The lowest BCUT2D eigenvalue weighted by Crippen LogP contribution is -2.48. The van der Waals surface area contributed by atoms with Gasteiger partial charge in [-0.05, 0) is 24.8 Å². The second-order valence-electron chi connectivity index (χ2n) is 12.9. The highest BCUT2D eigenvalue weighted by atomic mass is 16.6. The number of hydrogen-bond donors (Lipinski definition) is 1. The van der Waals surface area contributed by atoms with Crippen LogP contribution in [0.4, 0.5) is 0 Å². The highest BCUT2D eigenvalue weighted by Crippen LogP contribution is 2.31. The summed E-state index contributed by atoms with van der Waals surface area (Å²) < 4.78 is 21.0. The van der Waals surface area contributed by atoms with Gasteiger partial charge in [-0.1, -0.05) is 70.4 Å². The van der Waals surface area contributed by atoms with Crippen LogP contribution in [0.15, 0.2) is 42.6 Å². The second-order valence-corrected chi connectivity index (χ2v) is 12.9. The summed E-state index contributed by atoms with van der Waals surface area (Å²) in [5.74, 6) is -10.7. The molecule has 4 atom stereocenters. The van der Waals surface area contributed by atoms with Crippen LogP contribution in [0.2, 0.25) is 0 Å². The third-order valence-corrected chi connectivity index (χ3v) is 8.70. The average molecular weight is 723 g/mol. The van der Waals surface area contributed by atoms with E-state index < -0.39 is 83.0 Å². The average Bonchev–Trinajstić information content (AvgIpc) is 3.15. The van der Waals surface area contributed by atoms with Crippen molar-refractivity contribution < 1.29 is 57.3 Å². The topological polar surface area (TPSA) is 198 Å². The van der Waals surface area contributed by atoms with Crippen molar-refractivity contribution in [1.82, 2.24) is 10.3 Å². The summed E-state index contributed by atoms with van der Waals surface area (Å²) >= 11 is 0. The summed E-state index contributed by atoms with van der Waals surface area (Å²) in [4.78, 5) is 109. The van der Waals surface area contributed by atoms with Crippen LogP contribution in [0.1, 0.15) is 88.2 Å². The van der Waals surface area contributed by atoms with Crippen LogP contribution in [0.5, 0.6) is 11.5 Å². The van der Waals surface area contributed by atoms with Crippen LogP contribution in [0.25, 0.3) is 0 Å². The number of carbonyl (C=O) groups is 8. The van der Waals surface area contributed by atoms with Crippen molar-refractivity contribution in [2.24, 2.45) is 17.8 Å². The van der Waals surface area contributed by atoms with E-state index in [2.05, 4.69) is 15.0 Å². The lowest BCUT2D eigenvalue weighted by Gasteiger charge is -2.29. The van der Waals surface area contributed by atoms with E-state index in [1.54, 1.807) is 44.2 Å². The molecule has 0 aliphatic heterocycles. The molecule has 3 rings (SSSR count). The molecule has 1 amide bonds. The molecule has 0 spiro atoms. The fourth-order valence-electron chi connectivity index (χ4n) is 5.69. The second kappa shape index (κ2) is 19.9. The van der Waals surface area contributed by atoms with Crippen LogP contribution in [-0.4, -0.2) is 78.3 Å². The minimum Gasteiger partial charge on any atom is -0.493 e. The molecule has 0 saturated heterocycles. The van der Waals surface area contributed by atoms with E-state index in [1.807, 2.05) is 0 Å². The van der Waals surface area contributed by atoms with Gasteiger partial charge in [-0.2, -0.15) is 0 Å². The van der Waals surface area contributed by atoms with Gasteiger partial charge in [0, 0.05) is 31.5 Å². The van der Waals surface area contributed by atoms with Crippen molar-refractivity contribution in [2.45, 2.75) is 90.7 Å². The minimum absolute atomic E-state index is 0.00702. The summed E-state index contributed by atoms with van der Waals surface area (Å²) in [7, 11) is 2.61. The molecule has 1 fully saturated rings. The van der Waals surface area contributed by atoms with Crippen LogP contribution < -0.4 is 14.8 Å². The molecular formula is C38H46N2O12. The smallest absolute Gasteiger partial charge is 0.311 e. The first-order valence-electron chi connectivity index (χ1n) is 17.3. The highest BCUT2D eigenvalue weighted by molar-refractivity contribution is 6.44. The maximum Gasteiger partial charge on any atom is 0.311 e. The van der Waals surface area contributed by atoms with Crippen LogP contribution in [0, 0.1) is 17.8 Å². The van der Waals surface area contributed by atoms with Gasteiger partial charge >= 0.3 is 17.9 Å². The predicted octanol–water partition coefficient (Wildman–Crippen LogP) is 3.74. The number of carbonyl (C=O) groups excluding carboxylic acids is 8. The van der Waals surface area contributed by atoms with Crippen molar-refractivity contribution >= 4 is 46.9 Å². The highest BCUT2D eigenvalue weighted by Gasteiger charge is 2.46. The fourth-order valence-corrected chi connectivity index (χ4v) is 5.69. The number of unbranched alkanes of at least 4 members (excludes halogenated alkanes) is 4. The number of aromatic nitrogens is 1. The number of ether oxygens (including phenoxy) is 4. The summed E-state index contributed by atoms with van der Waals surface area (Å²) in [5.41, 5.74) is 0.171. The Bertz CT molecular complexity index is 1640. The number of nitrogens with one attached hydrogen (secondary N) is 1. The van der Waals surface area contributed by atoms with Crippen LogP contribution in [-0.2, 0) is 49.5 Å². The molecule has 280 valence electrons. The fraction of sp³-hybridized carbons (Fsp3) is 0.500. The van der Waals surface area contributed by atoms with Crippen molar-refractivity contribution in [3.8, 4) is 11.5 Å². The zero-order chi connectivity index (χ0) is 38.4. The van der Waals surface area contributed by atoms with Crippen molar-refractivity contribution in [2.75, 3.05) is 14.2 Å². The summed E-state index contributed by atoms with van der Waals surface area (Å²) in [6.07, 6.45) is 2.53. The molecule has 14 nitrogen and oxygen atoms in total. The quantitative estimate of drug-likeness (QED) is 0.150. The number of nitrogens with zero attached hydrogens (tertiary/aromatic N) is 1. The van der Waals surface area contributed by atoms with E-state index >= 15 is 0 Å². The Morgan fingerprint density at radius 2 is 1.48 bits per heavy atom. The van der Waals surface area contributed by atoms with Crippen LogP contribution >= 0.6 is 0 Å². The Kier molecular flexibility index (Phi) is 15.8. The molecule has 0 bridgehead atoms. The molecular weight excluding hydrogens is 676 g/mol. The Hall–Kier alpha value is -5.27. The molecule has 0 radical (unpaired) electrons. The first kappa shape index (κ1) is 41.2. The molecule has 1 saturated carbocycles. The Balaban J connectivity index is 1.82. The van der Waals surface area contributed by atoms with E-state index in [-0.39, 0.29) is 30.3 Å². The lowest BCUT2D eigenvalue weighted by molar-refractivity contribution is -0.163. The molecule has 1 aliphatic carbocycles. The minimum atomic E-state index is -1.79. The standard InChI is InChI=1S/C38H46N2O12/c1-22(2)38(48)52-35-23(3)32(44)34(46)26(21-27(41)33(45)25(35)20-24-14-10-9-11-15-24)40-37(47)31-36(28(49-4)18-19-39-31)51-30(43)17-13-8-6-7-12-16-29(42)50-5/h9-11,14-15,18-19,22-23,25-26,35H,6-8,12-13,16-17,20-21H2,1-5H3,(H,40,47)/t23-,25+,26+,35-/m1/s1. The van der Waals surface area contributed by atoms with Gasteiger partial charge < -0.3 is 24.3 Å². The molecule has 52 heavy (non-hydrogen) atoms. The van der Waals surface area contributed by atoms with E-state index in [9.17, 15) is 38.4 Å². The number of esters is 3. The number of benzene rings is 1. The molecule has 2 aromatic rings. The summed E-state index contributed by atoms with van der Waals surface area (Å²) in [6.45, 7) is 4.47. The molecule has 14 heteroatoms. The number of Topliss-reactive ketones (excluding diaryl/α,β-unsaturated/α-hetero) is 4. The van der Waals surface area contributed by atoms with Gasteiger partial charge in [0.05, 0.1) is 32.0 Å². The van der Waals surface area contributed by atoms with E-state index in [0.29, 0.717) is 31.2 Å². The molecule has 1 aromatic carbocycles. The zero-order valence-electron chi connectivity index (χ0n) is 30.1. The number of hydrogen-bond acceptors (Lipinski definition) is 13. The Morgan fingerprint density at radius 3 is 2.10 bits per heavy atom. The van der Waals surface area contributed by atoms with E-state index in [1.165, 1.54) is 33.4 Å². The third-order valence-electron chi connectivity index (χ3n) is 8.70. The van der Waals surface area contributed by atoms with Gasteiger partial charge in [0.2, 0.25) is 28.9 Å². The van der Waals surface area contributed by atoms with E-state index in [0.717, 1.165) is 12.8 Å². The van der Waals surface area contributed by atoms with Gasteiger partial charge in [-0.3, -0.25) is 38.4 Å². The number of methoxy groups -OCH3 is 2. The first-order chi connectivity index (χ1) is 24.8. The Morgan fingerprint density at radius 1 is 0.846 bits per heavy atom. The van der Waals surface area contributed by atoms with Gasteiger partial charge in [-0.25, -0.2) is 4.98 Å². The van der Waals surface area contributed by atoms with Gasteiger partial charge in [0.15, 0.2) is 11.4 Å². The van der Waals surface area contributed by atoms with Crippen molar-refractivity contribution in [1.29, 1.82) is 0 Å². The molecule has 1 heterocycles. The zero-order valence-corrected chi connectivity index (χ0v) is 30.1. The van der Waals surface area contributed by atoms with Gasteiger partial charge in [0.25, 0.3) is 5.91 Å². The lowest BCUT2D eigenvalue weighted by atomic mass is 9.81. The maximum atomic E-state index is 13.8. The number of rotatable bonds is 16. The summed E-state index contributed by atoms with van der Waals surface area (Å²) in [6, 6.07) is 8.22. The van der Waals surface area contributed by atoms with Crippen molar-refractivity contribution in [3.05, 3.63) is 53.9 Å². The van der Waals surface area contributed by atoms with Gasteiger partial charge in [0.1, 0.15) is 12.1 Å². The van der Waals surface area contributed by atoms with Crippen molar-refractivity contribution in [3.63, 3.8) is 0 Å². The van der Waals surface area contributed by atoms with Gasteiger partial charge in [-0.15, -0.1) is 0 Å². The SMILES string of the molecule is COC(=O)CCCCCCCC(=O)Oc1c(OC)ccnc1C(=O)N[C@H]1CC(=O)C(=O)[C@H](Cc2ccccc2)[C@H](OC(=O)C(C)C)[C@H](C)C(=O)C1=O. The molecule has 0 unspecified atom stereocenters. The molecule has 1 aliphatic rings. The van der Waals surface area contributed by atoms with E-state index in [4.69, 9.17) is 14.2 Å². The third kappa shape index (κ3) is 11.4. The van der Waals surface area contributed by atoms with Crippen LogP contribution in [0.3, 0.4) is 0 Å². The normalized spacial score (nSPS) is 19.3. The largest absolute Gasteiger partial charge is 0.493 e. The molecule has 1 N–H and O–H groups in total. The monoisotopic (exact) mass is 722 g/mol.